The number of alkyl halides is 3. The first kappa shape index (κ1) is 21.3. The van der Waals surface area contributed by atoms with E-state index in [-0.39, 0.29) is 11.3 Å². The van der Waals surface area contributed by atoms with Crippen molar-refractivity contribution in [2.24, 2.45) is 0 Å². The first-order valence-corrected chi connectivity index (χ1v) is 9.62. The van der Waals surface area contributed by atoms with Gasteiger partial charge in [-0.15, -0.1) is 0 Å². The van der Waals surface area contributed by atoms with E-state index >= 15 is 0 Å². The Morgan fingerprint density at radius 1 is 0.906 bits per heavy atom. The molecule has 162 valence electrons. The quantitative estimate of drug-likeness (QED) is 0.348. The minimum Gasteiger partial charge on any atom is -0.340 e. The topological polar surface area (TPSA) is 54.0 Å². The van der Waals surface area contributed by atoms with Crippen LogP contribution in [0.4, 0.5) is 34.8 Å². The summed E-state index contributed by atoms with van der Waals surface area (Å²) >= 11 is 0. The number of halogens is 4. The molecule has 8 heteroatoms. The Kier molecular flexibility index (Phi) is 5.52. The van der Waals surface area contributed by atoms with Gasteiger partial charge in [0.1, 0.15) is 11.6 Å². The summed E-state index contributed by atoms with van der Waals surface area (Å²) in [6.45, 7) is 1.82. The average molecular weight is 439 g/mol. The van der Waals surface area contributed by atoms with Gasteiger partial charge in [0.2, 0.25) is 0 Å². The molecule has 0 aliphatic carbocycles. The number of hydrogen-bond acceptors (Lipinski definition) is 3. The Bertz CT molecular complexity index is 1320. The number of rotatable bonds is 4. The molecule has 3 aromatic carbocycles. The molecule has 2 N–H and O–H groups in total. The van der Waals surface area contributed by atoms with Gasteiger partial charge in [0.05, 0.1) is 16.6 Å². The number of aromatic nitrogens is 1. The van der Waals surface area contributed by atoms with E-state index in [1.807, 2.05) is 6.92 Å². The van der Waals surface area contributed by atoms with Gasteiger partial charge in [0.15, 0.2) is 0 Å². The van der Waals surface area contributed by atoms with Crippen molar-refractivity contribution in [1.29, 1.82) is 0 Å². The fraction of sp³-hybridized carbons (Fsp3) is 0.0833. The number of aryl methyl sites for hydroxylation is 1. The highest BCUT2D eigenvalue weighted by Gasteiger charge is 2.30. The number of carbonyl (C=O) groups excluding carboxylic acids is 1. The number of hydrogen-bond donors (Lipinski definition) is 2. The SMILES string of the molecule is Cc1cc(Nc2cccc(C(F)(F)F)c2)nc2ccc(NC(=O)c3ccccc3F)cc12. The van der Waals surface area contributed by atoms with Crippen LogP contribution in [0.2, 0.25) is 0 Å². The molecule has 0 unspecified atom stereocenters. The van der Waals surface area contributed by atoms with Crippen molar-refractivity contribution in [2.45, 2.75) is 13.1 Å². The highest BCUT2D eigenvalue weighted by Crippen LogP contribution is 2.32. The number of fused-ring (bicyclic) bond motifs is 1. The highest BCUT2D eigenvalue weighted by atomic mass is 19.4. The van der Waals surface area contributed by atoms with Crippen molar-refractivity contribution < 1.29 is 22.4 Å². The lowest BCUT2D eigenvalue weighted by Crippen LogP contribution is -2.13. The highest BCUT2D eigenvalue weighted by molar-refractivity contribution is 6.05. The largest absolute Gasteiger partial charge is 0.416 e. The van der Waals surface area contributed by atoms with Crippen LogP contribution in [0, 0.1) is 12.7 Å². The molecule has 0 aliphatic rings. The van der Waals surface area contributed by atoms with Crippen molar-refractivity contribution in [3.8, 4) is 0 Å². The zero-order valence-electron chi connectivity index (χ0n) is 16.8. The minimum absolute atomic E-state index is 0.0666. The van der Waals surface area contributed by atoms with Crippen LogP contribution in [0.1, 0.15) is 21.5 Å². The van der Waals surface area contributed by atoms with Crippen LogP contribution < -0.4 is 10.6 Å². The molecule has 1 amide bonds. The lowest BCUT2D eigenvalue weighted by atomic mass is 10.1. The molecule has 0 saturated heterocycles. The van der Waals surface area contributed by atoms with Gasteiger partial charge in [-0.2, -0.15) is 13.2 Å². The molecule has 32 heavy (non-hydrogen) atoms. The van der Waals surface area contributed by atoms with Gasteiger partial charge in [-0.05, 0) is 67.1 Å². The van der Waals surface area contributed by atoms with Gasteiger partial charge >= 0.3 is 6.18 Å². The summed E-state index contributed by atoms with van der Waals surface area (Å²) in [5.41, 5.74) is 1.29. The third-order valence-electron chi connectivity index (χ3n) is 4.85. The van der Waals surface area contributed by atoms with Crippen LogP contribution in [-0.4, -0.2) is 10.9 Å². The number of nitrogens with one attached hydrogen (secondary N) is 2. The normalized spacial score (nSPS) is 11.4. The molecule has 0 bridgehead atoms. The van der Waals surface area contributed by atoms with E-state index in [4.69, 9.17) is 0 Å². The molecule has 0 spiro atoms. The smallest absolute Gasteiger partial charge is 0.340 e. The summed E-state index contributed by atoms with van der Waals surface area (Å²) in [6.07, 6.45) is -4.44. The number of pyridine rings is 1. The third-order valence-corrected chi connectivity index (χ3v) is 4.85. The summed E-state index contributed by atoms with van der Waals surface area (Å²) in [5.74, 6) is -0.803. The van der Waals surface area contributed by atoms with E-state index in [2.05, 4.69) is 15.6 Å². The molecule has 4 nitrogen and oxygen atoms in total. The number of nitrogens with zero attached hydrogens (tertiary/aromatic N) is 1. The van der Waals surface area contributed by atoms with Gasteiger partial charge < -0.3 is 10.6 Å². The van der Waals surface area contributed by atoms with E-state index < -0.39 is 23.5 Å². The van der Waals surface area contributed by atoms with E-state index in [1.165, 1.54) is 30.3 Å². The Labute approximate surface area is 180 Å². The van der Waals surface area contributed by atoms with Crippen LogP contribution in [0.5, 0.6) is 0 Å². The zero-order chi connectivity index (χ0) is 22.9. The molecule has 0 atom stereocenters. The van der Waals surface area contributed by atoms with Gasteiger partial charge in [-0.25, -0.2) is 9.37 Å². The summed E-state index contributed by atoms with van der Waals surface area (Å²) in [6, 6.07) is 17.3. The van der Waals surface area contributed by atoms with Crippen LogP contribution in [0.25, 0.3) is 10.9 Å². The summed E-state index contributed by atoms with van der Waals surface area (Å²) in [4.78, 5) is 16.8. The summed E-state index contributed by atoms with van der Waals surface area (Å²) in [7, 11) is 0. The van der Waals surface area contributed by atoms with Gasteiger partial charge in [-0.3, -0.25) is 4.79 Å². The van der Waals surface area contributed by atoms with Crippen molar-refractivity contribution in [3.63, 3.8) is 0 Å². The van der Waals surface area contributed by atoms with Crippen LogP contribution in [0.3, 0.4) is 0 Å². The Hall–Kier alpha value is -3.94. The second kappa shape index (κ2) is 8.30. The van der Waals surface area contributed by atoms with Gasteiger partial charge in [-0.1, -0.05) is 18.2 Å². The maximum absolute atomic E-state index is 13.8. The van der Waals surface area contributed by atoms with Gasteiger partial charge in [0.25, 0.3) is 5.91 Å². The van der Waals surface area contributed by atoms with E-state index in [0.29, 0.717) is 17.0 Å². The van der Waals surface area contributed by atoms with Crippen molar-refractivity contribution in [3.05, 3.63) is 95.3 Å². The predicted molar refractivity (Wildman–Crippen MR) is 116 cm³/mol. The molecule has 1 heterocycles. The molecule has 0 fully saturated rings. The van der Waals surface area contributed by atoms with Gasteiger partial charge in [0, 0.05) is 16.8 Å². The lowest BCUT2D eigenvalue weighted by Gasteiger charge is -2.13. The first-order chi connectivity index (χ1) is 15.2. The molecule has 4 rings (SSSR count). The summed E-state index contributed by atoms with van der Waals surface area (Å²) in [5, 5.41) is 6.31. The Balaban J connectivity index is 1.59. The Morgan fingerprint density at radius 3 is 2.44 bits per heavy atom. The van der Waals surface area contributed by atoms with Crippen LogP contribution in [-0.2, 0) is 6.18 Å². The van der Waals surface area contributed by atoms with E-state index in [9.17, 15) is 22.4 Å². The molecular formula is C24H17F4N3O. The molecule has 4 aromatic rings. The predicted octanol–water partition coefficient (Wildman–Crippen LogP) is 6.70. The molecular weight excluding hydrogens is 422 g/mol. The fourth-order valence-electron chi connectivity index (χ4n) is 3.30. The van der Waals surface area contributed by atoms with Crippen molar-refractivity contribution >= 4 is 34.0 Å². The van der Waals surface area contributed by atoms with E-state index in [1.54, 1.807) is 30.3 Å². The number of benzene rings is 3. The lowest BCUT2D eigenvalue weighted by molar-refractivity contribution is -0.137. The average Bonchev–Trinajstić information content (AvgIpc) is 2.74. The van der Waals surface area contributed by atoms with Crippen LogP contribution in [0.15, 0.2) is 72.8 Å². The number of anilines is 3. The molecule has 1 aromatic heterocycles. The summed E-state index contributed by atoms with van der Waals surface area (Å²) < 4.78 is 52.7. The van der Waals surface area contributed by atoms with E-state index in [0.717, 1.165) is 23.1 Å². The maximum Gasteiger partial charge on any atom is 0.416 e. The molecule has 0 radical (unpaired) electrons. The number of amides is 1. The third kappa shape index (κ3) is 4.54. The minimum atomic E-state index is -4.44. The fourth-order valence-corrected chi connectivity index (χ4v) is 3.30. The first-order valence-electron chi connectivity index (χ1n) is 9.62. The Morgan fingerprint density at radius 2 is 1.69 bits per heavy atom. The zero-order valence-corrected chi connectivity index (χ0v) is 16.8. The van der Waals surface area contributed by atoms with Crippen molar-refractivity contribution in [1.82, 2.24) is 4.98 Å². The van der Waals surface area contributed by atoms with Crippen molar-refractivity contribution in [2.75, 3.05) is 10.6 Å². The second-order valence-corrected chi connectivity index (χ2v) is 7.19. The second-order valence-electron chi connectivity index (χ2n) is 7.19. The standard InChI is InChI=1S/C24H17F4N3O/c1-14-11-22(29-16-6-4-5-15(12-16)24(26,27)28)31-21-10-9-17(13-19(14)21)30-23(32)18-7-2-3-8-20(18)25/h2-13H,1H3,(H,29,31)(H,30,32). The monoisotopic (exact) mass is 439 g/mol. The molecule has 0 aliphatic heterocycles. The van der Waals surface area contributed by atoms with Crippen LogP contribution >= 0.6 is 0 Å². The molecule has 0 saturated carbocycles. The number of carbonyl (C=O) groups is 1. The maximum atomic E-state index is 13.8.